The highest BCUT2D eigenvalue weighted by Crippen LogP contribution is 2.23. The zero-order valence-corrected chi connectivity index (χ0v) is 26.0. The molecule has 10 nitrogen and oxygen atoms in total. The molecule has 0 bridgehead atoms. The monoisotopic (exact) mass is 589 g/mol. The normalized spacial score (nSPS) is 14.5. The largest absolute Gasteiger partial charge is 0.465 e. The molecule has 3 rings (SSSR count). The maximum absolute atomic E-state index is 13.4. The van der Waals surface area contributed by atoms with E-state index in [0.29, 0.717) is 30.8 Å². The van der Waals surface area contributed by atoms with Gasteiger partial charge in [0.2, 0.25) is 0 Å². The van der Waals surface area contributed by atoms with E-state index in [1.165, 1.54) is 0 Å². The zero-order chi connectivity index (χ0) is 31.6. The predicted octanol–water partition coefficient (Wildman–Crippen LogP) is 4.62. The van der Waals surface area contributed by atoms with Crippen LogP contribution in [0.25, 0.3) is 0 Å². The number of anilines is 1. The topological polar surface area (TPSA) is 124 Å². The van der Waals surface area contributed by atoms with Gasteiger partial charge in [0.15, 0.2) is 0 Å². The number of hydrogen-bond donors (Lipinski definition) is 3. The van der Waals surface area contributed by atoms with Crippen molar-refractivity contribution in [2.75, 3.05) is 38.6 Å². The summed E-state index contributed by atoms with van der Waals surface area (Å²) in [6.07, 6.45) is 1.32. The molecule has 1 unspecified atom stereocenters. The summed E-state index contributed by atoms with van der Waals surface area (Å²) in [7, 11) is 1.83. The lowest BCUT2D eigenvalue weighted by atomic mass is 10.0. The second-order valence-corrected chi connectivity index (χ2v) is 11.6. The molecule has 230 valence electrons. The Labute approximate surface area is 254 Å². The van der Waals surface area contributed by atoms with Crippen molar-refractivity contribution in [1.82, 2.24) is 15.1 Å². The van der Waals surface area contributed by atoms with Crippen LogP contribution in [0.5, 0.6) is 0 Å². The summed E-state index contributed by atoms with van der Waals surface area (Å²) in [6.45, 7) is 11.1. The Morgan fingerprint density at radius 2 is 1.86 bits per heavy atom. The number of amides is 2. The molecule has 2 amide bonds. The van der Waals surface area contributed by atoms with Crippen LogP contribution < -0.4 is 10.6 Å². The van der Waals surface area contributed by atoms with Crippen LogP contribution in [0.1, 0.15) is 74.5 Å². The van der Waals surface area contributed by atoms with Gasteiger partial charge in [0.1, 0.15) is 11.4 Å². The van der Waals surface area contributed by atoms with E-state index in [1.807, 2.05) is 35.0 Å². The molecule has 0 saturated carbocycles. The Kier molecular flexibility index (Phi) is 11.7. The van der Waals surface area contributed by atoms with Gasteiger partial charge in [-0.2, -0.15) is 0 Å². The number of likely N-dealkylation sites (N-methyl/N-ethyl adjacent to an activating group) is 1. The second kappa shape index (κ2) is 15.2. The number of ether oxygens (including phenoxy) is 2. The second-order valence-electron chi connectivity index (χ2n) is 11.6. The molecule has 2 aromatic rings. The van der Waals surface area contributed by atoms with Gasteiger partial charge < -0.3 is 19.7 Å². The lowest BCUT2D eigenvalue weighted by molar-refractivity contribution is -0.144. The first-order valence-corrected chi connectivity index (χ1v) is 14.6. The number of carbonyl (C=O) groups excluding carboxylic acids is 3. The number of nitrogens with zero attached hydrogens (tertiary/aromatic N) is 2. The van der Waals surface area contributed by atoms with E-state index in [-0.39, 0.29) is 30.3 Å². The molecule has 43 heavy (non-hydrogen) atoms. The van der Waals surface area contributed by atoms with Gasteiger partial charge in [0, 0.05) is 41.5 Å². The summed E-state index contributed by atoms with van der Waals surface area (Å²) in [5.74, 6) is 5.92. The van der Waals surface area contributed by atoms with Gasteiger partial charge in [-0.3, -0.25) is 25.2 Å². The Morgan fingerprint density at radius 3 is 2.49 bits per heavy atom. The minimum atomic E-state index is -0.674. The van der Waals surface area contributed by atoms with Crippen LogP contribution in [0.3, 0.4) is 0 Å². The number of benzene rings is 2. The summed E-state index contributed by atoms with van der Waals surface area (Å²) in [5, 5.41) is 13.8. The maximum Gasteiger partial charge on any atom is 0.413 e. The summed E-state index contributed by atoms with van der Waals surface area (Å²) >= 11 is 0. The highest BCUT2D eigenvalue weighted by molar-refractivity contribution is 6.04. The number of carbonyl (C=O) groups is 3. The number of esters is 1. The van der Waals surface area contributed by atoms with Crippen LogP contribution in [-0.2, 0) is 20.8 Å². The van der Waals surface area contributed by atoms with Crippen LogP contribution >= 0.6 is 0 Å². The van der Waals surface area contributed by atoms with Gasteiger partial charge in [-0.25, -0.2) is 4.79 Å². The fourth-order valence-corrected chi connectivity index (χ4v) is 4.70. The number of nitrogens with one attached hydrogen (secondary N) is 3. The standard InChI is InChI=1S/C33H43N5O5/c1-7-42-29(39)22-37(6)21-26-20-24(12-17-28(26)31(40)38-19-9-10-23(38)2)11-8-18-35-27-15-13-25(14-16-27)30(34)36-32(41)43-33(3,4)5/h12-17,20,23,35H,7,9-10,18-19,21-22H2,1-6H3,(H2,34,36,41). The van der Waals surface area contributed by atoms with E-state index in [4.69, 9.17) is 14.9 Å². The van der Waals surface area contributed by atoms with Gasteiger partial charge in [0.05, 0.1) is 19.7 Å². The number of likely N-dealkylation sites (tertiary alicyclic amines) is 1. The average molecular weight is 590 g/mol. The van der Waals surface area contributed by atoms with E-state index in [1.54, 1.807) is 52.0 Å². The van der Waals surface area contributed by atoms with Crippen LogP contribution in [0.2, 0.25) is 0 Å². The van der Waals surface area contributed by atoms with Gasteiger partial charge in [-0.15, -0.1) is 0 Å². The van der Waals surface area contributed by atoms with E-state index in [9.17, 15) is 14.4 Å². The van der Waals surface area contributed by atoms with Crippen LogP contribution in [0.15, 0.2) is 42.5 Å². The molecular weight excluding hydrogens is 546 g/mol. The third-order valence-corrected chi connectivity index (χ3v) is 6.71. The Hall–Kier alpha value is -4.36. The van der Waals surface area contributed by atoms with Crippen molar-refractivity contribution in [2.45, 2.75) is 65.6 Å². The molecule has 3 N–H and O–H groups in total. The SMILES string of the molecule is CCOC(=O)CN(C)Cc1cc(C#CCNc2ccc(C(=N)NC(=O)OC(C)(C)C)cc2)ccc1C(=O)N1CCCC1C. The number of amidine groups is 1. The van der Waals surface area contributed by atoms with Crippen LogP contribution in [0.4, 0.5) is 10.5 Å². The molecule has 2 aromatic carbocycles. The van der Waals surface area contributed by atoms with Crippen LogP contribution in [-0.4, -0.2) is 78.5 Å². The van der Waals surface area contributed by atoms with Gasteiger partial charge >= 0.3 is 12.1 Å². The van der Waals surface area contributed by atoms with Crippen molar-refractivity contribution in [2.24, 2.45) is 0 Å². The number of rotatable bonds is 9. The van der Waals surface area contributed by atoms with E-state index < -0.39 is 11.7 Å². The third kappa shape index (κ3) is 10.5. The first-order valence-electron chi connectivity index (χ1n) is 14.6. The van der Waals surface area contributed by atoms with Crippen molar-refractivity contribution in [3.05, 3.63) is 64.7 Å². The molecule has 0 aliphatic carbocycles. The molecule has 1 heterocycles. The van der Waals surface area contributed by atoms with Crippen molar-refractivity contribution in [1.29, 1.82) is 5.41 Å². The van der Waals surface area contributed by atoms with Gasteiger partial charge in [-0.1, -0.05) is 11.8 Å². The molecular formula is C33H43N5O5. The lowest BCUT2D eigenvalue weighted by Crippen LogP contribution is -2.36. The fourth-order valence-electron chi connectivity index (χ4n) is 4.70. The highest BCUT2D eigenvalue weighted by Gasteiger charge is 2.28. The molecule has 1 aliphatic heterocycles. The number of alkyl carbamates (subject to hydrolysis) is 1. The first kappa shape index (κ1) is 33.1. The molecule has 0 spiro atoms. The van der Waals surface area contributed by atoms with E-state index in [0.717, 1.165) is 36.2 Å². The van der Waals surface area contributed by atoms with Gasteiger partial charge in [0.25, 0.3) is 5.91 Å². The molecule has 1 aliphatic rings. The van der Waals surface area contributed by atoms with E-state index >= 15 is 0 Å². The van der Waals surface area contributed by atoms with Crippen LogP contribution in [0, 0.1) is 17.3 Å². The van der Waals surface area contributed by atoms with Crippen molar-refractivity contribution in [3.8, 4) is 11.8 Å². The summed E-state index contributed by atoms with van der Waals surface area (Å²) in [5.41, 5.74) is 2.91. The summed E-state index contributed by atoms with van der Waals surface area (Å²) in [6, 6.07) is 12.9. The van der Waals surface area contributed by atoms with Crippen molar-refractivity contribution < 1.29 is 23.9 Å². The van der Waals surface area contributed by atoms with E-state index in [2.05, 4.69) is 29.4 Å². The molecule has 1 fully saturated rings. The molecule has 0 aromatic heterocycles. The Morgan fingerprint density at radius 1 is 1.14 bits per heavy atom. The molecule has 10 heteroatoms. The van der Waals surface area contributed by atoms with Gasteiger partial charge in [-0.05, 0) is 103 Å². The summed E-state index contributed by atoms with van der Waals surface area (Å²) in [4.78, 5) is 41.1. The third-order valence-electron chi connectivity index (χ3n) is 6.71. The highest BCUT2D eigenvalue weighted by atomic mass is 16.6. The minimum absolute atomic E-state index is 0.00327. The van der Waals surface area contributed by atoms with Crippen molar-refractivity contribution >= 4 is 29.5 Å². The number of hydrogen-bond acceptors (Lipinski definition) is 8. The molecule has 0 radical (unpaired) electrons. The maximum atomic E-state index is 13.4. The first-order chi connectivity index (χ1) is 20.4. The predicted molar refractivity (Wildman–Crippen MR) is 167 cm³/mol. The fraction of sp³-hybridized carbons (Fsp3) is 0.455. The Balaban J connectivity index is 1.66. The molecule has 1 saturated heterocycles. The Bertz CT molecular complexity index is 1370. The molecule has 1 atom stereocenters. The zero-order valence-electron chi connectivity index (χ0n) is 26.0. The summed E-state index contributed by atoms with van der Waals surface area (Å²) < 4.78 is 10.3. The lowest BCUT2D eigenvalue weighted by Gasteiger charge is -2.24. The average Bonchev–Trinajstić information content (AvgIpc) is 3.36. The minimum Gasteiger partial charge on any atom is -0.465 e. The van der Waals surface area contributed by atoms with Crippen molar-refractivity contribution in [3.63, 3.8) is 0 Å². The smallest absolute Gasteiger partial charge is 0.413 e. The quantitative estimate of drug-likeness (QED) is 0.169.